The summed E-state index contributed by atoms with van der Waals surface area (Å²) in [5.41, 5.74) is 0.428. The van der Waals surface area contributed by atoms with Crippen LogP contribution in [0.15, 0.2) is 24.3 Å². The number of hydrogen-bond acceptors (Lipinski definition) is 2. The third-order valence-electron chi connectivity index (χ3n) is 2.01. The summed E-state index contributed by atoms with van der Waals surface area (Å²) in [6, 6.07) is 5.30. The van der Waals surface area contributed by atoms with E-state index < -0.39 is 5.82 Å². The van der Waals surface area contributed by atoms with Gasteiger partial charge in [-0.05, 0) is 18.2 Å². The Kier molecular flexibility index (Phi) is 3.31. The van der Waals surface area contributed by atoms with Gasteiger partial charge in [-0.1, -0.05) is 23.2 Å². The van der Waals surface area contributed by atoms with Crippen LogP contribution in [-0.4, -0.2) is 16.2 Å². The maximum Gasteiger partial charge on any atom is 0.212 e. The number of nitrogens with one attached hydrogen (secondary N) is 1. The quantitative estimate of drug-likeness (QED) is 0.875. The first kappa shape index (κ1) is 11.9. The fraction of sp³-hybridized carbons (Fsp3) is 0. The van der Waals surface area contributed by atoms with E-state index in [2.05, 4.69) is 10.4 Å². The second kappa shape index (κ2) is 4.73. The molecule has 1 heterocycles. The fourth-order valence-corrected chi connectivity index (χ4v) is 1.79. The number of amides is 1. The van der Waals surface area contributed by atoms with Gasteiger partial charge >= 0.3 is 0 Å². The van der Waals surface area contributed by atoms with Gasteiger partial charge in [-0.3, -0.25) is 4.79 Å². The van der Waals surface area contributed by atoms with E-state index in [1.54, 1.807) is 0 Å². The average molecular weight is 274 g/mol. The van der Waals surface area contributed by atoms with Crippen LogP contribution in [0.2, 0.25) is 10.2 Å². The van der Waals surface area contributed by atoms with Gasteiger partial charge in [0.15, 0.2) is 5.82 Å². The van der Waals surface area contributed by atoms with E-state index in [-0.39, 0.29) is 16.0 Å². The Bertz CT molecular complexity index is 571. The minimum absolute atomic E-state index is 0.174. The van der Waals surface area contributed by atoms with Gasteiger partial charge in [-0.15, -0.1) is 5.10 Å². The molecule has 0 radical (unpaired) electrons. The van der Waals surface area contributed by atoms with Crippen molar-refractivity contribution in [3.63, 3.8) is 0 Å². The highest BCUT2D eigenvalue weighted by Gasteiger charge is 2.11. The standard InChI is InChI=1S/C10H6Cl2FN3O/c11-7-3-6(13)1-2-8(7)16-9(12)4-10(15-16)14-5-17/h1-5H,(H,14,15,17). The van der Waals surface area contributed by atoms with Gasteiger partial charge in [-0.25, -0.2) is 9.07 Å². The summed E-state index contributed by atoms with van der Waals surface area (Å²) >= 11 is 11.8. The second-order valence-corrected chi connectivity index (χ2v) is 3.92. The lowest BCUT2D eigenvalue weighted by Gasteiger charge is -2.05. The lowest BCUT2D eigenvalue weighted by atomic mass is 10.3. The Morgan fingerprint density at radius 2 is 2.12 bits per heavy atom. The number of benzene rings is 1. The molecule has 7 heteroatoms. The molecular formula is C10H6Cl2FN3O. The number of anilines is 1. The van der Waals surface area contributed by atoms with Gasteiger partial charge in [0.2, 0.25) is 6.41 Å². The van der Waals surface area contributed by atoms with Crippen LogP contribution in [0.25, 0.3) is 5.69 Å². The molecule has 1 N–H and O–H groups in total. The van der Waals surface area contributed by atoms with E-state index in [0.717, 1.165) is 6.07 Å². The first-order chi connectivity index (χ1) is 8.11. The van der Waals surface area contributed by atoms with Crippen molar-refractivity contribution in [3.05, 3.63) is 40.3 Å². The van der Waals surface area contributed by atoms with Gasteiger partial charge in [0, 0.05) is 6.07 Å². The monoisotopic (exact) mass is 273 g/mol. The minimum Gasteiger partial charge on any atom is -0.312 e. The smallest absolute Gasteiger partial charge is 0.212 e. The number of hydrogen-bond donors (Lipinski definition) is 1. The highest BCUT2D eigenvalue weighted by atomic mass is 35.5. The Morgan fingerprint density at radius 1 is 1.35 bits per heavy atom. The van der Waals surface area contributed by atoms with Crippen LogP contribution in [0, 0.1) is 5.82 Å². The molecule has 1 amide bonds. The molecule has 0 aliphatic carbocycles. The molecule has 0 atom stereocenters. The van der Waals surface area contributed by atoms with Gasteiger partial charge in [-0.2, -0.15) is 0 Å². The molecule has 0 saturated carbocycles. The van der Waals surface area contributed by atoms with Crippen molar-refractivity contribution in [2.45, 2.75) is 0 Å². The summed E-state index contributed by atoms with van der Waals surface area (Å²) in [6.45, 7) is 0. The third-order valence-corrected chi connectivity index (χ3v) is 2.58. The van der Waals surface area contributed by atoms with Crippen LogP contribution < -0.4 is 5.32 Å². The molecule has 17 heavy (non-hydrogen) atoms. The summed E-state index contributed by atoms with van der Waals surface area (Å²) in [5, 5.41) is 6.78. The molecule has 1 aromatic carbocycles. The van der Waals surface area contributed by atoms with E-state index >= 15 is 0 Å². The molecule has 1 aromatic heterocycles. The van der Waals surface area contributed by atoms with Crippen molar-refractivity contribution in [1.82, 2.24) is 9.78 Å². The van der Waals surface area contributed by atoms with Crippen molar-refractivity contribution >= 4 is 35.4 Å². The number of carbonyl (C=O) groups is 1. The summed E-state index contributed by atoms with van der Waals surface area (Å²) < 4.78 is 14.2. The van der Waals surface area contributed by atoms with Crippen LogP contribution in [0.4, 0.5) is 10.2 Å². The van der Waals surface area contributed by atoms with E-state index in [1.165, 1.54) is 22.9 Å². The predicted octanol–water partition coefficient (Wildman–Crippen LogP) is 2.89. The highest BCUT2D eigenvalue weighted by molar-refractivity contribution is 6.33. The van der Waals surface area contributed by atoms with Crippen LogP contribution in [0.1, 0.15) is 0 Å². The largest absolute Gasteiger partial charge is 0.312 e. The minimum atomic E-state index is -0.451. The molecule has 2 rings (SSSR count). The van der Waals surface area contributed by atoms with Crippen LogP contribution in [0.5, 0.6) is 0 Å². The van der Waals surface area contributed by atoms with E-state index in [4.69, 9.17) is 23.2 Å². The molecule has 88 valence electrons. The van der Waals surface area contributed by atoms with Crippen molar-refractivity contribution in [1.29, 1.82) is 0 Å². The van der Waals surface area contributed by atoms with Crippen molar-refractivity contribution in [3.8, 4) is 5.69 Å². The van der Waals surface area contributed by atoms with Crippen molar-refractivity contribution in [2.75, 3.05) is 5.32 Å². The number of aromatic nitrogens is 2. The highest BCUT2D eigenvalue weighted by Crippen LogP contribution is 2.26. The maximum absolute atomic E-state index is 12.9. The molecule has 0 aliphatic rings. The molecule has 0 saturated heterocycles. The lowest BCUT2D eigenvalue weighted by Crippen LogP contribution is -2.00. The summed E-state index contributed by atoms with van der Waals surface area (Å²) in [6.07, 6.45) is 0.481. The number of carbonyl (C=O) groups excluding carboxylic acids is 1. The molecule has 0 unspecified atom stereocenters. The van der Waals surface area contributed by atoms with Crippen LogP contribution >= 0.6 is 23.2 Å². The van der Waals surface area contributed by atoms with E-state index in [0.29, 0.717) is 12.1 Å². The van der Waals surface area contributed by atoms with Gasteiger partial charge in [0.1, 0.15) is 11.0 Å². The normalized spacial score (nSPS) is 10.3. The SMILES string of the molecule is O=CNc1cc(Cl)n(-c2ccc(F)cc2Cl)n1. The van der Waals surface area contributed by atoms with E-state index in [1.807, 2.05) is 0 Å². The zero-order valence-corrected chi connectivity index (χ0v) is 9.84. The fourth-order valence-electron chi connectivity index (χ4n) is 1.31. The molecule has 0 spiro atoms. The maximum atomic E-state index is 12.9. The zero-order valence-electron chi connectivity index (χ0n) is 8.32. The molecule has 0 fully saturated rings. The van der Waals surface area contributed by atoms with E-state index in [9.17, 15) is 9.18 Å². The number of halogens is 3. The topological polar surface area (TPSA) is 46.9 Å². The second-order valence-electron chi connectivity index (χ2n) is 3.12. The molecule has 0 bridgehead atoms. The first-order valence-corrected chi connectivity index (χ1v) is 5.28. The summed E-state index contributed by atoms with van der Waals surface area (Å²) in [5.74, 6) is -0.168. The van der Waals surface area contributed by atoms with Crippen molar-refractivity contribution in [2.24, 2.45) is 0 Å². The Morgan fingerprint density at radius 3 is 2.76 bits per heavy atom. The zero-order chi connectivity index (χ0) is 12.4. The lowest BCUT2D eigenvalue weighted by molar-refractivity contribution is -0.105. The molecular weight excluding hydrogens is 268 g/mol. The van der Waals surface area contributed by atoms with Gasteiger partial charge in [0.25, 0.3) is 0 Å². The molecule has 0 aliphatic heterocycles. The van der Waals surface area contributed by atoms with Gasteiger partial charge < -0.3 is 5.32 Å². The Hall–Kier alpha value is -1.59. The summed E-state index contributed by atoms with van der Waals surface area (Å²) in [4.78, 5) is 10.3. The third kappa shape index (κ3) is 2.40. The van der Waals surface area contributed by atoms with Crippen LogP contribution in [-0.2, 0) is 4.79 Å². The van der Waals surface area contributed by atoms with Gasteiger partial charge in [0.05, 0.1) is 10.7 Å². The average Bonchev–Trinajstić information content (AvgIpc) is 2.60. The number of nitrogens with zero attached hydrogens (tertiary/aromatic N) is 2. The van der Waals surface area contributed by atoms with Crippen LogP contribution in [0.3, 0.4) is 0 Å². The van der Waals surface area contributed by atoms with Crippen molar-refractivity contribution < 1.29 is 9.18 Å². The first-order valence-electron chi connectivity index (χ1n) is 4.53. The number of rotatable bonds is 3. The Labute approximate surface area is 106 Å². The predicted molar refractivity (Wildman–Crippen MR) is 63.2 cm³/mol. The molecule has 4 nitrogen and oxygen atoms in total. The summed E-state index contributed by atoms with van der Waals surface area (Å²) in [7, 11) is 0. The molecule has 2 aromatic rings. The Balaban J connectivity index is 2.48.